The Hall–Kier alpha value is -0.160. The van der Waals surface area contributed by atoms with Crippen molar-refractivity contribution in [3.63, 3.8) is 0 Å². The van der Waals surface area contributed by atoms with Crippen LogP contribution in [0, 0.1) is 0 Å². The number of benzene rings is 1. The molecule has 0 spiro atoms. The Labute approximate surface area is 125 Å². The quantitative estimate of drug-likeness (QED) is 0.625. The van der Waals surface area contributed by atoms with Gasteiger partial charge in [-0.15, -0.1) is 0 Å². The molecule has 3 unspecified atom stereocenters. The van der Waals surface area contributed by atoms with Gasteiger partial charge in [-0.2, -0.15) is 23.5 Å². The van der Waals surface area contributed by atoms with Gasteiger partial charge in [-0.25, -0.2) is 0 Å². The lowest BCUT2D eigenvalue weighted by molar-refractivity contribution is 0.460. The summed E-state index contributed by atoms with van der Waals surface area (Å²) in [5.74, 6) is 8.31. The second-order valence-electron chi connectivity index (χ2n) is 5.06. The van der Waals surface area contributed by atoms with Crippen molar-refractivity contribution in [3.8, 4) is 0 Å². The zero-order valence-electron chi connectivity index (χ0n) is 11.5. The highest BCUT2D eigenvalue weighted by atomic mass is 32.2. The fourth-order valence-corrected chi connectivity index (χ4v) is 5.59. The average molecular weight is 297 g/mol. The number of hydrogen-bond acceptors (Lipinski definition) is 4. The van der Waals surface area contributed by atoms with Crippen molar-refractivity contribution in [2.45, 2.75) is 42.7 Å². The number of nitrogens with two attached hydrogens (primary N) is 1. The van der Waals surface area contributed by atoms with Gasteiger partial charge in [0.15, 0.2) is 0 Å². The van der Waals surface area contributed by atoms with Crippen LogP contribution in [0.25, 0.3) is 0 Å². The Morgan fingerprint density at radius 1 is 1.26 bits per heavy atom. The summed E-state index contributed by atoms with van der Waals surface area (Å²) in [7, 11) is 0. The molecule has 1 aromatic rings. The van der Waals surface area contributed by atoms with E-state index < -0.39 is 0 Å². The van der Waals surface area contributed by atoms with E-state index in [1.54, 1.807) is 0 Å². The third-order valence-electron chi connectivity index (χ3n) is 3.67. The minimum absolute atomic E-state index is 0.441. The Morgan fingerprint density at radius 3 is 2.68 bits per heavy atom. The summed E-state index contributed by atoms with van der Waals surface area (Å²) >= 11 is 4.17. The fraction of sp³-hybridized carbons (Fsp3) is 0.600. The first-order valence-electron chi connectivity index (χ1n) is 7.04. The molecule has 1 heterocycles. The molecule has 1 aliphatic heterocycles. The van der Waals surface area contributed by atoms with Crippen LogP contribution in [0.3, 0.4) is 0 Å². The molecule has 106 valence electrons. The van der Waals surface area contributed by atoms with Crippen molar-refractivity contribution >= 4 is 23.5 Å². The number of thioether (sulfide) groups is 2. The van der Waals surface area contributed by atoms with Crippen molar-refractivity contribution in [2.24, 2.45) is 5.84 Å². The molecule has 0 saturated carbocycles. The first-order valence-corrected chi connectivity index (χ1v) is 9.14. The molecule has 1 aliphatic rings. The summed E-state index contributed by atoms with van der Waals surface area (Å²) in [5, 5.41) is 1.36. The number of hydrazine groups is 1. The maximum Gasteiger partial charge on any atom is 0.0340 e. The van der Waals surface area contributed by atoms with Gasteiger partial charge in [-0.05, 0) is 24.8 Å². The van der Waals surface area contributed by atoms with Crippen molar-refractivity contribution in [3.05, 3.63) is 35.9 Å². The van der Waals surface area contributed by atoms with E-state index in [4.69, 9.17) is 5.84 Å². The molecule has 19 heavy (non-hydrogen) atoms. The highest BCUT2D eigenvalue weighted by Crippen LogP contribution is 2.34. The van der Waals surface area contributed by atoms with E-state index in [0.29, 0.717) is 16.5 Å². The standard InChI is InChI=1S/C15H24N2S2/c1-12-15(19-11-10-18-12)14(17-16)9-5-8-13-6-3-2-4-7-13/h2-4,6-7,12,14-15,17H,5,8-11,16H2,1H3. The molecule has 0 amide bonds. The van der Waals surface area contributed by atoms with Crippen LogP contribution < -0.4 is 11.3 Å². The Bertz CT molecular complexity index is 358. The van der Waals surface area contributed by atoms with Crippen LogP contribution in [0.2, 0.25) is 0 Å². The van der Waals surface area contributed by atoms with E-state index in [1.165, 1.54) is 23.5 Å². The van der Waals surface area contributed by atoms with E-state index in [1.807, 2.05) is 0 Å². The largest absolute Gasteiger partial charge is 0.271 e. The molecule has 3 N–H and O–H groups in total. The maximum absolute atomic E-state index is 5.77. The number of rotatable bonds is 6. The normalized spacial score (nSPS) is 25.2. The average Bonchev–Trinajstić information content (AvgIpc) is 2.46. The predicted molar refractivity (Wildman–Crippen MR) is 88.7 cm³/mol. The molecule has 0 radical (unpaired) electrons. The van der Waals surface area contributed by atoms with E-state index >= 15 is 0 Å². The van der Waals surface area contributed by atoms with Gasteiger partial charge in [0.1, 0.15) is 0 Å². The Kier molecular flexibility index (Phi) is 6.57. The fourth-order valence-electron chi connectivity index (χ4n) is 2.61. The molecule has 0 aliphatic carbocycles. The summed E-state index contributed by atoms with van der Waals surface area (Å²) in [6.07, 6.45) is 3.51. The van der Waals surface area contributed by atoms with Crippen molar-refractivity contribution in [1.82, 2.24) is 5.43 Å². The summed E-state index contributed by atoms with van der Waals surface area (Å²) in [4.78, 5) is 0. The van der Waals surface area contributed by atoms with Crippen LogP contribution in [0.1, 0.15) is 25.3 Å². The van der Waals surface area contributed by atoms with Gasteiger partial charge in [0.25, 0.3) is 0 Å². The summed E-state index contributed by atoms with van der Waals surface area (Å²) in [6, 6.07) is 11.2. The lowest BCUT2D eigenvalue weighted by Crippen LogP contribution is -2.47. The third-order valence-corrected chi connectivity index (χ3v) is 6.92. The lowest BCUT2D eigenvalue weighted by Gasteiger charge is -2.34. The molecule has 2 rings (SSSR count). The summed E-state index contributed by atoms with van der Waals surface area (Å²) in [5.41, 5.74) is 4.48. The predicted octanol–water partition coefficient (Wildman–Crippen LogP) is 3.08. The molecule has 4 heteroatoms. The van der Waals surface area contributed by atoms with E-state index in [9.17, 15) is 0 Å². The minimum atomic E-state index is 0.441. The zero-order valence-corrected chi connectivity index (χ0v) is 13.2. The molecule has 2 nitrogen and oxygen atoms in total. The van der Waals surface area contributed by atoms with Gasteiger partial charge in [-0.1, -0.05) is 37.3 Å². The molecule has 3 atom stereocenters. The topological polar surface area (TPSA) is 38.0 Å². The van der Waals surface area contributed by atoms with Crippen LogP contribution in [0.5, 0.6) is 0 Å². The first-order chi connectivity index (χ1) is 9.31. The van der Waals surface area contributed by atoms with Crippen LogP contribution in [-0.2, 0) is 6.42 Å². The molecule has 1 aromatic carbocycles. The van der Waals surface area contributed by atoms with Gasteiger partial charge in [-0.3, -0.25) is 11.3 Å². The number of nitrogens with one attached hydrogen (secondary N) is 1. The number of hydrogen-bond donors (Lipinski definition) is 2. The van der Waals surface area contributed by atoms with Crippen molar-refractivity contribution < 1.29 is 0 Å². The Balaban J connectivity index is 1.79. The SMILES string of the molecule is CC1SCCSC1C(CCCc1ccccc1)NN. The van der Waals surface area contributed by atoms with Crippen LogP contribution in [0.15, 0.2) is 30.3 Å². The van der Waals surface area contributed by atoms with Crippen LogP contribution >= 0.6 is 23.5 Å². The molecule has 0 bridgehead atoms. The second kappa shape index (κ2) is 8.20. The minimum Gasteiger partial charge on any atom is -0.271 e. The molecule has 1 fully saturated rings. The second-order valence-corrected chi connectivity index (χ2v) is 7.83. The van der Waals surface area contributed by atoms with E-state index in [2.05, 4.69) is 66.2 Å². The first kappa shape index (κ1) is 15.2. The molecule has 1 saturated heterocycles. The maximum atomic E-state index is 5.77. The van der Waals surface area contributed by atoms with E-state index in [0.717, 1.165) is 12.8 Å². The highest BCUT2D eigenvalue weighted by molar-refractivity contribution is 8.07. The highest BCUT2D eigenvalue weighted by Gasteiger charge is 2.29. The van der Waals surface area contributed by atoms with Crippen LogP contribution in [0.4, 0.5) is 0 Å². The van der Waals surface area contributed by atoms with E-state index in [-0.39, 0.29) is 0 Å². The third kappa shape index (κ3) is 4.71. The number of aryl methyl sites for hydroxylation is 1. The molecular formula is C15H24N2S2. The smallest absolute Gasteiger partial charge is 0.0340 e. The van der Waals surface area contributed by atoms with Gasteiger partial charge in [0.05, 0.1) is 0 Å². The Morgan fingerprint density at radius 2 is 2.00 bits per heavy atom. The molecular weight excluding hydrogens is 272 g/mol. The monoisotopic (exact) mass is 296 g/mol. The summed E-state index contributed by atoms with van der Waals surface area (Å²) in [6.45, 7) is 2.34. The van der Waals surface area contributed by atoms with Crippen molar-refractivity contribution in [2.75, 3.05) is 11.5 Å². The summed E-state index contributed by atoms with van der Waals surface area (Å²) < 4.78 is 0. The van der Waals surface area contributed by atoms with Gasteiger partial charge in [0.2, 0.25) is 0 Å². The van der Waals surface area contributed by atoms with Gasteiger partial charge < -0.3 is 0 Å². The molecule has 0 aromatic heterocycles. The lowest BCUT2D eigenvalue weighted by atomic mass is 10.0. The van der Waals surface area contributed by atoms with Crippen molar-refractivity contribution in [1.29, 1.82) is 0 Å². The zero-order chi connectivity index (χ0) is 13.5. The van der Waals surface area contributed by atoms with Crippen LogP contribution in [-0.4, -0.2) is 28.0 Å². The van der Waals surface area contributed by atoms with Gasteiger partial charge >= 0.3 is 0 Å². The van der Waals surface area contributed by atoms with Gasteiger partial charge in [0, 0.05) is 28.0 Å².